The topological polar surface area (TPSA) is 87.1 Å². The Morgan fingerprint density at radius 3 is 2.79 bits per heavy atom. The monoisotopic (exact) mass is 401 g/mol. The van der Waals surface area contributed by atoms with Crippen LogP contribution in [-0.2, 0) is 4.79 Å². The van der Waals surface area contributed by atoms with E-state index in [-0.39, 0.29) is 24.6 Å². The number of rotatable bonds is 9. The molecule has 2 aromatic rings. The normalized spacial score (nSPS) is 16.7. The number of unbranched alkanes of at least 4 members (excludes halogenated alkanes) is 1. The second-order valence-corrected chi connectivity index (χ2v) is 7.42. The number of ketones is 1. The van der Waals surface area contributed by atoms with Crippen LogP contribution in [0.3, 0.4) is 0 Å². The summed E-state index contributed by atoms with van der Waals surface area (Å²) in [5.74, 6) is -0.823. The van der Waals surface area contributed by atoms with Crippen LogP contribution in [0.25, 0.3) is 0 Å². The number of benzene rings is 1. The van der Waals surface area contributed by atoms with Crippen LogP contribution in [0.4, 0.5) is 0 Å². The van der Waals surface area contributed by atoms with E-state index in [1.807, 2.05) is 13.0 Å². The first-order chi connectivity index (χ1) is 13.6. The van der Waals surface area contributed by atoms with E-state index >= 15 is 0 Å². The molecule has 148 valence electrons. The Morgan fingerprint density at radius 1 is 1.29 bits per heavy atom. The summed E-state index contributed by atoms with van der Waals surface area (Å²) in [5.41, 5.74) is 0.784. The lowest BCUT2D eigenvalue weighted by molar-refractivity contribution is -0.129. The molecule has 3 rings (SSSR count). The number of nitrogens with zero attached hydrogens (tertiary/aromatic N) is 1. The zero-order valence-electron chi connectivity index (χ0n) is 15.6. The highest BCUT2D eigenvalue weighted by Gasteiger charge is 2.43. The minimum absolute atomic E-state index is 0.0999. The van der Waals surface area contributed by atoms with Crippen molar-refractivity contribution in [1.82, 2.24) is 4.90 Å². The fourth-order valence-electron chi connectivity index (χ4n) is 3.27. The SMILES string of the molecule is CCCCN1C(=O)C(O)=C(C(=O)c2cccs2)C1c1cccc(OCCO)c1. The van der Waals surface area contributed by atoms with Gasteiger partial charge in [-0.2, -0.15) is 0 Å². The van der Waals surface area contributed by atoms with Gasteiger partial charge in [0.05, 0.1) is 23.1 Å². The first kappa shape index (κ1) is 20.1. The smallest absolute Gasteiger partial charge is 0.290 e. The van der Waals surface area contributed by atoms with Crippen LogP contribution in [-0.4, -0.2) is 46.6 Å². The third kappa shape index (κ3) is 3.95. The molecule has 0 saturated carbocycles. The van der Waals surface area contributed by atoms with Crippen LogP contribution in [0.1, 0.15) is 41.0 Å². The number of carbonyl (C=O) groups is 2. The number of Topliss-reactive ketones (excluding diaryl/α,β-unsaturated/α-hetero) is 1. The van der Waals surface area contributed by atoms with Crippen molar-refractivity contribution in [2.75, 3.05) is 19.8 Å². The number of hydrogen-bond acceptors (Lipinski definition) is 6. The minimum atomic E-state index is -0.675. The number of aliphatic hydroxyl groups excluding tert-OH is 2. The van der Waals surface area contributed by atoms with Crippen LogP contribution in [0, 0.1) is 0 Å². The maximum Gasteiger partial charge on any atom is 0.290 e. The molecular formula is C21H23NO5S. The standard InChI is InChI=1S/C21H23NO5S/c1-2-3-9-22-18(14-6-4-7-15(13-14)27-11-10-23)17(20(25)21(22)26)19(24)16-8-5-12-28-16/h4-8,12-13,18,23,25H,2-3,9-11H2,1H3. The fraction of sp³-hybridized carbons (Fsp3) is 0.333. The Bertz CT molecular complexity index is 875. The molecule has 1 aromatic heterocycles. The lowest BCUT2D eigenvalue weighted by Crippen LogP contribution is -2.32. The molecule has 2 heterocycles. The lowest BCUT2D eigenvalue weighted by atomic mass is 9.95. The van der Waals surface area contributed by atoms with Gasteiger partial charge in [-0.05, 0) is 35.6 Å². The van der Waals surface area contributed by atoms with Crippen LogP contribution >= 0.6 is 11.3 Å². The first-order valence-corrected chi connectivity index (χ1v) is 10.1. The molecule has 0 radical (unpaired) electrons. The molecule has 2 N–H and O–H groups in total. The van der Waals surface area contributed by atoms with Crippen molar-refractivity contribution in [1.29, 1.82) is 0 Å². The van der Waals surface area contributed by atoms with Crippen LogP contribution in [0.2, 0.25) is 0 Å². The largest absolute Gasteiger partial charge is 0.503 e. The highest BCUT2D eigenvalue weighted by Crippen LogP contribution is 2.40. The molecule has 1 aromatic carbocycles. The number of ether oxygens (including phenoxy) is 1. The van der Waals surface area contributed by atoms with Crippen molar-refractivity contribution in [3.8, 4) is 5.75 Å². The summed E-state index contributed by atoms with van der Waals surface area (Å²) in [6, 6.07) is 9.84. The molecule has 0 saturated heterocycles. The van der Waals surface area contributed by atoms with E-state index < -0.39 is 17.7 Å². The molecule has 0 aliphatic carbocycles. The van der Waals surface area contributed by atoms with Gasteiger partial charge in [-0.1, -0.05) is 31.5 Å². The highest BCUT2D eigenvalue weighted by atomic mass is 32.1. The average molecular weight is 401 g/mol. The Hall–Kier alpha value is -2.64. The molecule has 28 heavy (non-hydrogen) atoms. The van der Waals surface area contributed by atoms with Gasteiger partial charge in [0.15, 0.2) is 5.76 Å². The number of thiophene rings is 1. The average Bonchev–Trinajstić information content (AvgIpc) is 3.33. The summed E-state index contributed by atoms with van der Waals surface area (Å²) in [4.78, 5) is 27.8. The van der Waals surface area contributed by atoms with Crippen molar-refractivity contribution in [3.63, 3.8) is 0 Å². The zero-order chi connectivity index (χ0) is 20.1. The summed E-state index contributed by atoms with van der Waals surface area (Å²) in [7, 11) is 0. The van der Waals surface area contributed by atoms with Gasteiger partial charge >= 0.3 is 0 Å². The fourth-order valence-corrected chi connectivity index (χ4v) is 3.95. The Kier molecular flexibility index (Phi) is 6.49. The zero-order valence-corrected chi connectivity index (χ0v) is 16.4. The van der Waals surface area contributed by atoms with E-state index in [1.54, 1.807) is 40.6 Å². The third-order valence-electron chi connectivity index (χ3n) is 4.58. The molecule has 6 nitrogen and oxygen atoms in total. The van der Waals surface area contributed by atoms with Crippen molar-refractivity contribution < 1.29 is 24.5 Å². The van der Waals surface area contributed by atoms with Crippen molar-refractivity contribution in [3.05, 3.63) is 63.6 Å². The van der Waals surface area contributed by atoms with E-state index in [4.69, 9.17) is 9.84 Å². The third-order valence-corrected chi connectivity index (χ3v) is 5.45. The summed E-state index contributed by atoms with van der Waals surface area (Å²) >= 11 is 1.27. The summed E-state index contributed by atoms with van der Waals surface area (Å²) in [6.45, 7) is 2.49. The van der Waals surface area contributed by atoms with Gasteiger partial charge in [-0.3, -0.25) is 9.59 Å². The second-order valence-electron chi connectivity index (χ2n) is 6.47. The number of hydrogen-bond donors (Lipinski definition) is 2. The summed E-state index contributed by atoms with van der Waals surface area (Å²) in [5, 5.41) is 21.3. The molecule has 1 aliphatic rings. The maximum absolute atomic E-state index is 13.1. The minimum Gasteiger partial charge on any atom is -0.503 e. The summed E-state index contributed by atoms with van der Waals surface area (Å²) in [6.07, 6.45) is 1.64. The van der Waals surface area contributed by atoms with Crippen LogP contribution in [0.15, 0.2) is 53.1 Å². The molecule has 0 bridgehead atoms. The van der Waals surface area contributed by atoms with E-state index in [0.717, 1.165) is 12.8 Å². The van der Waals surface area contributed by atoms with Gasteiger partial charge in [0.1, 0.15) is 12.4 Å². The van der Waals surface area contributed by atoms with Crippen molar-refractivity contribution >= 4 is 23.0 Å². The molecule has 1 amide bonds. The Labute approximate surface area is 167 Å². The summed E-state index contributed by atoms with van der Waals surface area (Å²) < 4.78 is 5.48. The molecule has 0 fully saturated rings. The number of amides is 1. The van der Waals surface area contributed by atoms with E-state index in [1.165, 1.54) is 11.3 Å². The Morgan fingerprint density at radius 2 is 2.11 bits per heavy atom. The first-order valence-electron chi connectivity index (χ1n) is 9.24. The molecule has 0 spiro atoms. The molecule has 1 atom stereocenters. The van der Waals surface area contributed by atoms with E-state index in [9.17, 15) is 14.7 Å². The van der Waals surface area contributed by atoms with Gasteiger partial charge < -0.3 is 19.8 Å². The highest BCUT2D eigenvalue weighted by molar-refractivity contribution is 7.12. The Balaban J connectivity index is 2.03. The van der Waals surface area contributed by atoms with Gasteiger partial charge in [-0.25, -0.2) is 0 Å². The quantitative estimate of drug-likeness (QED) is 0.628. The van der Waals surface area contributed by atoms with Crippen LogP contribution in [0.5, 0.6) is 5.75 Å². The number of aliphatic hydroxyl groups is 2. The molecular weight excluding hydrogens is 378 g/mol. The van der Waals surface area contributed by atoms with Crippen molar-refractivity contribution in [2.24, 2.45) is 0 Å². The number of carbonyl (C=O) groups excluding carboxylic acids is 2. The maximum atomic E-state index is 13.1. The van der Waals surface area contributed by atoms with Gasteiger partial charge in [0, 0.05) is 6.54 Å². The van der Waals surface area contributed by atoms with E-state index in [2.05, 4.69) is 0 Å². The lowest BCUT2D eigenvalue weighted by Gasteiger charge is -2.27. The van der Waals surface area contributed by atoms with E-state index in [0.29, 0.717) is 22.7 Å². The van der Waals surface area contributed by atoms with Gasteiger partial charge in [0.2, 0.25) is 5.78 Å². The molecule has 1 aliphatic heterocycles. The molecule has 1 unspecified atom stereocenters. The molecule has 7 heteroatoms. The predicted octanol–water partition coefficient (Wildman–Crippen LogP) is 3.50. The van der Waals surface area contributed by atoms with Gasteiger partial charge in [-0.15, -0.1) is 11.3 Å². The van der Waals surface area contributed by atoms with Crippen LogP contribution < -0.4 is 4.74 Å². The van der Waals surface area contributed by atoms with Gasteiger partial charge in [0.25, 0.3) is 5.91 Å². The van der Waals surface area contributed by atoms with Crippen molar-refractivity contribution in [2.45, 2.75) is 25.8 Å². The second kappa shape index (κ2) is 9.03. The predicted molar refractivity (Wildman–Crippen MR) is 107 cm³/mol.